The molecule has 1 fully saturated rings. The predicted octanol–water partition coefficient (Wildman–Crippen LogP) is 1.83. The zero-order valence-corrected chi connectivity index (χ0v) is 19.3. The molecule has 2 unspecified atom stereocenters. The lowest BCUT2D eigenvalue weighted by molar-refractivity contribution is -0.150. The molecule has 1 aliphatic heterocycles. The van der Waals surface area contributed by atoms with Crippen LogP contribution in [0.3, 0.4) is 0 Å². The largest absolute Gasteiger partial charge is 0.466 e. The van der Waals surface area contributed by atoms with Crippen molar-refractivity contribution in [2.24, 2.45) is 5.92 Å². The van der Waals surface area contributed by atoms with Gasteiger partial charge >= 0.3 is 5.97 Å². The molecule has 3 aromatic rings. The molecule has 0 amide bonds. The molecule has 0 radical (unpaired) electrons. The second-order valence-electron chi connectivity index (χ2n) is 8.39. The number of carbonyl (C=O) groups is 1. The lowest BCUT2D eigenvalue weighted by Crippen LogP contribution is -2.44. The molecule has 33 heavy (non-hydrogen) atoms. The lowest BCUT2D eigenvalue weighted by Gasteiger charge is -2.36. The number of aromatic amines is 1. The number of rotatable bonds is 8. The Kier molecular flexibility index (Phi) is 7.14. The third-order valence-corrected chi connectivity index (χ3v) is 6.07. The van der Waals surface area contributed by atoms with E-state index in [1.165, 1.54) is 0 Å². The molecule has 1 aliphatic rings. The summed E-state index contributed by atoms with van der Waals surface area (Å²) in [6, 6.07) is 7.32. The van der Waals surface area contributed by atoms with Crippen molar-refractivity contribution in [2.75, 3.05) is 33.4 Å². The Morgan fingerprint density at radius 1 is 1.33 bits per heavy atom. The van der Waals surface area contributed by atoms with Crippen molar-refractivity contribution in [3.05, 3.63) is 51.6 Å². The number of methoxy groups -OCH3 is 1. The van der Waals surface area contributed by atoms with Crippen molar-refractivity contribution < 1.29 is 14.3 Å². The highest BCUT2D eigenvalue weighted by atomic mass is 16.5. The second-order valence-corrected chi connectivity index (χ2v) is 8.39. The molecule has 176 valence electrons. The number of tetrazole rings is 1. The summed E-state index contributed by atoms with van der Waals surface area (Å²) in [6.07, 6.45) is 1.56. The van der Waals surface area contributed by atoms with Gasteiger partial charge in [0.15, 0.2) is 5.82 Å². The summed E-state index contributed by atoms with van der Waals surface area (Å²) >= 11 is 0. The third-order valence-electron chi connectivity index (χ3n) is 6.07. The fraction of sp³-hybridized carbons (Fsp3) is 0.522. The Morgan fingerprint density at radius 3 is 2.97 bits per heavy atom. The molecule has 10 heteroatoms. The van der Waals surface area contributed by atoms with E-state index in [2.05, 4.69) is 25.4 Å². The van der Waals surface area contributed by atoms with Crippen molar-refractivity contribution in [3.63, 3.8) is 0 Å². The molecule has 0 saturated carbocycles. The van der Waals surface area contributed by atoms with E-state index in [-0.39, 0.29) is 17.4 Å². The maximum atomic E-state index is 13.3. The highest BCUT2D eigenvalue weighted by Crippen LogP contribution is 2.31. The number of pyridine rings is 1. The average molecular weight is 455 g/mol. The smallest absolute Gasteiger partial charge is 0.310 e. The van der Waals surface area contributed by atoms with Gasteiger partial charge in [0.05, 0.1) is 25.7 Å². The van der Waals surface area contributed by atoms with E-state index < -0.39 is 6.04 Å². The van der Waals surface area contributed by atoms with Gasteiger partial charge < -0.3 is 14.5 Å². The number of hydrogen-bond donors (Lipinski definition) is 1. The minimum atomic E-state index is -0.511. The Hall–Kier alpha value is -3.11. The lowest BCUT2D eigenvalue weighted by atomic mass is 9.94. The molecule has 10 nitrogen and oxygen atoms in total. The molecule has 0 aliphatic carbocycles. The fourth-order valence-electron chi connectivity index (χ4n) is 4.48. The van der Waals surface area contributed by atoms with E-state index in [9.17, 15) is 9.59 Å². The van der Waals surface area contributed by atoms with Gasteiger partial charge in [-0.3, -0.25) is 14.5 Å². The maximum absolute atomic E-state index is 13.3. The van der Waals surface area contributed by atoms with Crippen LogP contribution in [0.2, 0.25) is 0 Å². The first kappa shape index (κ1) is 23.1. The molecule has 1 aromatic carbocycles. The molecular weight excluding hydrogens is 424 g/mol. The topological polar surface area (TPSA) is 115 Å². The molecule has 3 heterocycles. The van der Waals surface area contributed by atoms with Gasteiger partial charge in [0, 0.05) is 24.7 Å². The summed E-state index contributed by atoms with van der Waals surface area (Å²) in [5, 5.41) is 13.2. The van der Waals surface area contributed by atoms with Crippen molar-refractivity contribution in [1.29, 1.82) is 0 Å². The maximum Gasteiger partial charge on any atom is 0.310 e. The normalized spacial score (nSPS) is 17.8. The number of piperidine rings is 1. The molecule has 2 atom stereocenters. The van der Waals surface area contributed by atoms with Gasteiger partial charge in [-0.1, -0.05) is 11.6 Å². The van der Waals surface area contributed by atoms with Gasteiger partial charge in [-0.15, -0.1) is 5.10 Å². The van der Waals surface area contributed by atoms with Crippen LogP contribution < -0.4 is 5.56 Å². The van der Waals surface area contributed by atoms with Crippen LogP contribution in [-0.2, 0) is 20.8 Å². The summed E-state index contributed by atoms with van der Waals surface area (Å²) in [6.45, 7) is 6.23. The van der Waals surface area contributed by atoms with Gasteiger partial charge in [0.2, 0.25) is 0 Å². The number of ether oxygens (including phenoxy) is 2. The van der Waals surface area contributed by atoms with E-state index in [1.807, 2.05) is 38.1 Å². The number of fused-ring (bicyclic) bond motifs is 1. The van der Waals surface area contributed by atoms with E-state index in [0.717, 1.165) is 29.3 Å². The number of esters is 1. The van der Waals surface area contributed by atoms with Gasteiger partial charge in [0.1, 0.15) is 6.04 Å². The Labute approximate surface area is 191 Å². The standard InChI is InChI=1S/C23H30N6O4/c1-4-33-23(31)16-6-5-9-28(14-16)20(21-25-26-27-29(21)10-11-32-3)18-13-17-12-15(2)7-8-19(17)24-22(18)30/h7-8,12-13,16,20H,4-6,9-11,14H2,1-3H3,(H,24,30). The molecule has 0 bridgehead atoms. The number of likely N-dealkylation sites (tertiary alicyclic amines) is 1. The molecule has 4 rings (SSSR count). The monoisotopic (exact) mass is 454 g/mol. The zero-order valence-electron chi connectivity index (χ0n) is 19.3. The van der Waals surface area contributed by atoms with Gasteiger partial charge in [0.25, 0.3) is 5.56 Å². The number of H-pyrrole nitrogens is 1. The number of hydrogen-bond acceptors (Lipinski definition) is 8. The van der Waals surface area contributed by atoms with E-state index in [0.29, 0.717) is 44.2 Å². The van der Waals surface area contributed by atoms with Gasteiger partial charge in [-0.2, -0.15) is 0 Å². The van der Waals surface area contributed by atoms with E-state index in [4.69, 9.17) is 9.47 Å². The Balaban J connectivity index is 1.80. The van der Waals surface area contributed by atoms with Crippen LogP contribution in [0.4, 0.5) is 0 Å². The summed E-state index contributed by atoms with van der Waals surface area (Å²) in [4.78, 5) is 30.9. The summed E-state index contributed by atoms with van der Waals surface area (Å²) in [5.74, 6) is 0.0864. The van der Waals surface area contributed by atoms with Crippen LogP contribution in [0.25, 0.3) is 10.9 Å². The fourth-order valence-corrected chi connectivity index (χ4v) is 4.48. The zero-order chi connectivity index (χ0) is 23.4. The highest BCUT2D eigenvalue weighted by molar-refractivity contribution is 5.80. The van der Waals surface area contributed by atoms with Gasteiger partial charge in [-0.25, -0.2) is 4.68 Å². The van der Waals surface area contributed by atoms with Crippen molar-refractivity contribution in [1.82, 2.24) is 30.1 Å². The van der Waals surface area contributed by atoms with Gasteiger partial charge in [-0.05, 0) is 67.2 Å². The van der Waals surface area contributed by atoms with Crippen LogP contribution in [0.1, 0.15) is 42.8 Å². The molecular formula is C23H30N6O4. The number of benzene rings is 1. The highest BCUT2D eigenvalue weighted by Gasteiger charge is 2.36. The Morgan fingerprint density at radius 2 is 2.18 bits per heavy atom. The molecule has 1 saturated heterocycles. The third kappa shape index (κ3) is 4.96. The number of nitrogens with one attached hydrogen (secondary N) is 1. The van der Waals surface area contributed by atoms with Crippen LogP contribution in [0.15, 0.2) is 29.1 Å². The van der Waals surface area contributed by atoms with Crippen LogP contribution in [0.5, 0.6) is 0 Å². The second kappa shape index (κ2) is 10.2. The van der Waals surface area contributed by atoms with Crippen LogP contribution >= 0.6 is 0 Å². The minimum absolute atomic E-state index is 0.198. The number of aromatic nitrogens is 5. The number of nitrogens with zero attached hydrogens (tertiary/aromatic N) is 5. The summed E-state index contributed by atoms with van der Waals surface area (Å²) in [5.41, 5.74) is 2.22. The van der Waals surface area contributed by atoms with E-state index in [1.54, 1.807) is 11.8 Å². The number of carbonyl (C=O) groups excluding carboxylic acids is 1. The molecule has 0 spiro atoms. The van der Waals surface area contributed by atoms with Crippen molar-refractivity contribution in [3.8, 4) is 0 Å². The SMILES string of the molecule is CCOC(=O)C1CCCN(C(c2cc3cc(C)ccc3[nH]c2=O)c2nnnn2CCOC)C1. The predicted molar refractivity (Wildman–Crippen MR) is 122 cm³/mol. The van der Waals surface area contributed by atoms with Crippen molar-refractivity contribution in [2.45, 2.75) is 39.3 Å². The van der Waals surface area contributed by atoms with Crippen LogP contribution in [0, 0.1) is 12.8 Å². The minimum Gasteiger partial charge on any atom is -0.466 e. The Bertz CT molecular complexity index is 1170. The van der Waals surface area contributed by atoms with Crippen molar-refractivity contribution >= 4 is 16.9 Å². The molecule has 1 N–H and O–H groups in total. The first-order valence-corrected chi connectivity index (χ1v) is 11.3. The first-order chi connectivity index (χ1) is 16.0. The molecule has 2 aromatic heterocycles. The summed E-state index contributed by atoms with van der Waals surface area (Å²) in [7, 11) is 1.62. The average Bonchev–Trinajstić information content (AvgIpc) is 3.27. The van der Waals surface area contributed by atoms with E-state index >= 15 is 0 Å². The summed E-state index contributed by atoms with van der Waals surface area (Å²) < 4.78 is 12.2. The first-order valence-electron chi connectivity index (χ1n) is 11.3. The number of aryl methyl sites for hydroxylation is 1. The van der Waals surface area contributed by atoms with Crippen LogP contribution in [-0.4, -0.2) is 69.5 Å². The quantitative estimate of drug-likeness (QED) is 0.513.